The number of imidazole rings is 2. The van der Waals surface area contributed by atoms with Crippen LogP contribution >= 0.6 is 15.9 Å². The Labute approximate surface area is 121 Å². The Morgan fingerprint density at radius 1 is 1.40 bits per heavy atom. The van der Waals surface area contributed by atoms with Crippen LogP contribution in [0.25, 0.3) is 17.0 Å². The van der Waals surface area contributed by atoms with E-state index in [1.807, 2.05) is 0 Å². The third kappa shape index (κ3) is 1.90. The van der Waals surface area contributed by atoms with Crippen LogP contribution in [0.2, 0.25) is 0 Å². The Morgan fingerprint density at radius 3 is 2.75 bits per heavy atom. The van der Waals surface area contributed by atoms with Crippen LogP contribution in [-0.2, 0) is 7.05 Å². The summed E-state index contributed by atoms with van der Waals surface area (Å²) in [6, 6.07) is 4.61. The van der Waals surface area contributed by atoms with Crippen LogP contribution in [-0.4, -0.2) is 25.0 Å². The minimum absolute atomic E-state index is 0.152. The molecule has 0 amide bonds. The van der Waals surface area contributed by atoms with E-state index in [4.69, 9.17) is 5.11 Å². The molecule has 7 heteroatoms. The lowest BCUT2D eigenvalue weighted by molar-refractivity contribution is 0.0686. The van der Waals surface area contributed by atoms with Crippen molar-refractivity contribution >= 4 is 27.7 Å². The molecule has 0 saturated carbocycles. The molecule has 2 heterocycles. The molecule has 0 aliphatic rings. The molecule has 3 rings (SSSR count). The number of carbonyl (C=O) groups is 1. The Hall–Kier alpha value is -2.15. The van der Waals surface area contributed by atoms with E-state index in [0.29, 0.717) is 15.9 Å². The number of aromatic nitrogens is 3. The highest BCUT2D eigenvalue weighted by molar-refractivity contribution is 9.10. The van der Waals surface area contributed by atoms with Crippen molar-refractivity contribution in [2.24, 2.45) is 7.05 Å². The number of aryl methyl sites for hydroxylation is 1. The van der Waals surface area contributed by atoms with Gasteiger partial charge in [-0.1, -0.05) is 0 Å². The molecular weight excluding hydrogens is 329 g/mol. The molecule has 0 atom stereocenters. The van der Waals surface area contributed by atoms with Gasteiger partial charge in [-0.15, -0.1) is 0 Å². The predicted octanol–water partition coefficient (Wildman–Crippen LogP) is 2.94. The lowest BCUT2D eigenvalue weighted by atomic mass is 10.2. The number of carboxylic acid groups (broad SMARTS) is 1. The maximum Gasteiger partial charge on any atom is 0.354 e. The summed E-state index contributed by atoms with van der Waals surface area (Å²) in [4.78, 5) is 15.4. The topological polar surface area (TPSA) is 59.5 Å². The summed E-state index contributed by atoms with van der Waals surface area (Å²) < 4.78 is 16.7. The maximum absolute atomic E-state index is 13.2. The van der Waals surface area contributed by atoms with E-state index in [1.165, 1.54) is 16.8 Å². The maximum atomic E-state index is 13.2. The van der Waals surface area contributed by atoms with Gasteiger partial charge in [0.1, 0.15) is 11.5 Å². The van der Waals surface area contributed by atoms with Gasteiger partial charge in [0.15, 0.2) is 0 Å². The molecule has 0 bridgehead atoms. The van der Waals surface area contributed by atoms with Crippen molar-refractivity contribution in [2.75, 3.05) is 0 Å². The van der Waals surface area contributed by atoms with Crippen LogP contribution in [0.1, 0.15) is 10.5 Å². The second kappa shape index (κ2) is 4.45. The first-order valence-electron chi connectivity index (χ1n) is 5.70. The van der Waals surface area contributed by atoms with Crippen LogP contribution < -0.4 is 0 Å². The first-order chi connectivity index (χ1) is 9.47. The highest BCUT2D eigenvalue weighted by Crippen LogP contribution is 2.25. The second-order valence-corrected chi connectivity index (χ2v) is 5.20. The molecule has 0 spiro atoms. The zero-order chi connectivity index (χ0) is 14.4. The number of hydrogen-bond acceptors (Lipinski definition) is 2. The number of rotatable bonds is 2. The van der Waals surface area contributed by atoms with Crippen LogP contribution in [0.5, 0.6) is 0 Å². The molecule has 0 aliphatic heterocycles. The van der Waals surface area contributed by atoms with E-state index in [-0.39, 0.29) is 11.5 Å². The molecule has 0 radical (unpaired) electrons. The third-order valence-electron chi connectivity index (χ3n) is 3.07. The number of benzene rings is 1. The minimum atomic E-state index is -1.01. The van der Waals surface area contributed by atoms with Gasteiger partial charge in [-0.25, -0.2) is 14.2 Å². The van der Waals surface area contributed by atoms with Gasteiger partial charge < -0.3 is 9.67 Å². The first kappa shape index (κ1) is 12.9. The molecule has 2 aromatic heterocycles. The molecule has 0 fully saturated rings. The standard InChI is InChI=1S/C13H9BrFN3O2/c1-17-11(12(19)20)6-18-5-10(16-13(17)18)7-2-3-9(15)8(14)4-7/h2-6H,1H3,(H,19,20). The Morgan fingerprint density at radius 2 is 2.15 bits per heavy atom. The number of fused-ring (bicyclic) bond motifs is 1. The summed E-state index contributed by atoms with van der Waals surface area (Å²) in [5.74, 6) is -0.840. The van der Waals surface area contributed by atoms with Gasteiger partial charge in [0.25, 0.3) is 0 Å². The van der Waals surface area contributed by atoms with Gasteiger partial charge in [-0.2, -0.15) is 0 Å². The number of aromatic carboxylic acids is 1. The van der Waals surface area contributed by atoms with Gasteiger partial charge in [0.2, 0.25) is 5.78 Å². The van der Waals surface area contributed by atoms with Crippen molar-refractivity contribution in [3.63, 3.8) is 0 Å². The van der Waals surface area contributed by atoms with E-state index in [9.17, 15) is 9.18 Å². The van der Waals surface area contributed by atoms with Gasteiger partial charge in [0.05, 0.1) is 10.2 Å². The lowest BCUT2D eigenvalue weighted by Crippen LogP contribution is -2.04. The van der Waals surface area contributed by atoms with Crippen LogP contribution in [0, 0.1) is 5.82 Å². The summed E-state index contributed by atoms with van der Waals surface area (Å²) in [5, 5.41) is 9.03. The molecule has 102 valence electrons. The zero-order valence-corrected chi connectivity index (χ0v) is 11.9. The number of hydrogen-bond donors (Lipinski definition) is 1. The average Bonchev–Trinajstić information content (AvgIpc) is 2.93. The van der Waals surface area contributed by atoms with Gasteiger partial charge in [0, 0.05) is 25.0 Å². The molecule has 1 aromatic carbocycles. The van der Waals surface area contributed by atoms with Gasteiger partial charge in [-0.3, -0.25) is 4.40 Å². The zero-order valence-electron chi connectivity index (χ0n) is 10.3. The van der Waals surface area contributed by atoms with E-state index in [0.717, 1.165) is 5.56 Å². The Bertz CT molecular complexity index is 838. The number of nitrogens with zero attached hydrogens (tertiary/aromatic N) is 3. The van der Waals surface area contributed by atoms with Crippen molar-refractivity contribution < 1.29 is 14.3 Å². The fraction of sp³-hybridized carbons (Fsp3) is 0.0769. The molecule has 5 nitrogen and oxygen atoms in total. The Kier molecular flexibility index (Phi) is 2.86. The average molecular weight is 338 g/mol. The normalized spacial score (nSPS) is 11.2. The quantitative estimate of drug-likeness (QED) is 0.782. The predicted molar refractivity (Wildman–Crippen MR) is 74.2 cm³/mol. The highest BCUT2D eigenvalue weighted by atomic mass is 79.9. The smallest absolute Gasteiger partial charge is 0.354 e. The summed E-state index contributed by atoms with van der Waals surface area (Å²) in [5.41, 5.74) is 1.55. The Balaban J connectivity index is 2.14. The fourth-order valence-corrected chi connectivity index (χ4v) is 2.43. The third-order valence-corrected chi connectivity index (χ3v) is 3.68. The highest BCUT2D eigenvalue weighted by Gasteiger charge is 2.15. The summed E-state index contributed by atoms with van der Waals surface area (Å²) in [6.07, 6.45) is 3.20. The first-order valence-corrected chi connectivity index (χ1v) is 6.50. The molecule has 0 aliphatic carbocycles. The SMILES string of the molecule is Cn1c(C(=O)O)cn2cc(-c3ccc(F)c(Br)c3)nc12. The fourth-order valence-electron chi connectivity index (χ4n) is 2.05. The molecular formula is C13H9BrFN3O2. The molecule has 0 saturated heterocycles. The van der Waals surface area contributed by atoms with E-state index >= 15 is 0 Å². The number of carboxylic acids is 1. The van der Waals surface area contributed by atoms with E-state index in [1.54, 1.807) is 29.8 Å². The summed E-state index contributed by atoms with van der Waals surface area (Å²) >= 11 is 3.13. The van der Waals surface area contributed by atoms with Crippen molar-refractivity contribution in [3.8, 4) is 11.3 Å². The summed E-state index contributed by atoms with van der Waals surface area (Å²) in [6.45, 7) is 0. The van der Waals surface area contributed by atoms with Gasteiger partial charge >= 0.3 is 5.97 Å². The van der Waals surface area contributed by atoms with Crippen LogP contribution in [0.3, 0.4) is 0 Å². The summed E-state index contributed by atoms with van der Waals surface area (Å²) in [7, 11) is 1.64. The van der Waals surface area contributed by atoms with Crippen molar-refractivity contribution in [1.29, 1.82) is 0 Å². The molecule has 1 N–H and O–H groups in total. The lowest BCUT2D eigenvalue weighted by Gasteiger charge is -1.99. The van der Waals surface area contributed by atoms with Crippen molar-refractivity contribution in [1.82, 2.24) is 14.0 Å². The monoisotopic (exact) mass is 337 g/mol. The molecule has 20 heavy (non-hydrogen) atoms. The molecule has 0 unspecified atom stereocenters. The second-order valence-electron chi connectivity index (χ2n) is 4.34. The molecule has 3 aromatic rings. The van der Waals surface area contributed by atoms with Crippen LogP contribution in [0.4, 0.5) is 4.39 Å². The minimum Gasteiger partial charge on any atom is -0.477 e. The van der Waals surface area contributed by atoms with E-state index in [2.05, 4.69) is 20.9 Å². The van der Waals surface area contributed by atoms with E-state index < -0.39 is 5.97 Å². The van der Waals surface area contributed by atoms with Crippen molar-refractivity contribution in [3.05, 3.63) is 46.6 Å². The van der Waals surface area contributed by atoms with Crippen LogP contribution in [0.15, 0.2) is 35.1 Å². The number of halogens is 2. The van der Waals surface area contributed by atoms with Gasteiger partial charge in [-0.05, 0) is 34.1 Å². The largest absolute Gasteiger partial charge is 0.477 e. The van der Waals surface area contributed by atoms with Crippen molar-refractivity contribution in [2.45, 2.75) is 0 Å².